The highest BCUT2D eigenvalue weighted by Gasteiger charge is 2.04. The third-order valence-electron chi connectivity index (χ3n) is 3.38. The van der Waals surface area contributed by atoms with Crippen LogP contribution in [-0.2, 0) is 13.0 Å². The van der Waals surface area contributed by atoms with Crippen molar-refractivity contribution in [3.63, 3.8) is 0 Å². The van der Waals surface area contributed by atoms with E-state index in [1.165, 1.54) is 18.4 Å². The van der Waals surface area contributed by atoms with Crippen LogP contribution < -0.4 is 5.73 Å². The summed E-state index contributed by atoms with van der Waals surface area (Å²) in [6.07, 6.45) is 3.52. The molecule has 0 radical (unpaired) electrons. The van der Waals surface area contributed by atoms with E-state index in [1.807, 2.05) is 6.07 Å². The fourth-order valence-corrected chi connectivity index (χ4v) is 2.14. The lowest BCUT2D eigenvalue weighted by Gasteiger charge is -2.06. The average molecular weight is 257 g/mol. The van der Waals surface area contributed by atoms with Gasteiger partial charge in [-0.15, -0.1) is 0 Å². The fourth-order valence-electron chi connectivity index (χ4n) is 2.14. The summed E-state index contributed by atoms with van der Waals surface area (Å²) in [7, 11) is 0. The normalized spacial score (nSPS) is 10.7. The zero-order valence-corrected chi connectivity index (χ0v) is 11.3. The predicted molar refractivity (Wildman–Crippen MR) is 78.3 cm³/mol. The molecular formula is C17H20FN. The second kappa shape index (κ2) is 6.48. The molecule has 0 saturated heterocycles. The van der Waals surface area contributed by atoms with Gasteiger partial charge in [-0.1, -0.05) is 49.7 Å². The lowest BCUT2D eigenvalue weighted by atomic mass is 10.0. The van der Waals surface area contributed by atoms with Crippen molar-refractivity contribution in [2.75, 3.05) is 0 Å². The van der Waals surface area contributed by atoms with Crippen molar-refractivity contribution in [3.05, 3.63) is 59.4 Å². The van der Waals surface area contributed by atoms with E-state index < -0.39 is 0 Å². The van der Waals surface area contributed by atoms with Gasteiger partial charge in [-0.05, 0) is 35.6 Å². The van der Waals surface area contributed by atoms with Gasteiger partial charge in [-0.2, -0.15) is 0 Å². The van der Waals surface area contributed by atoms with Crippen molar-refractivity contribution in [1.82, 2.24) is 0 Å². The number of benzene rings is 2. The first-order valence-electron chi connectivity index (χ1n) is 6.82. The van der Waals surface area contributed by atoms with E-state index in [9.17, 15) is 4.39 Å². The Labute approximate surface area is 114 Å². The fraction of sp³-hybridized carbons (Fsp3) is 0.294. The molecule has 2 rings (SSSR count). The first-order valence-corrected chi connectivity index (χ1v) is 6.82. The monoisotopic (exact) mass is 257 g/mol. The van der Waals surface area contributed by atoms with Crippen LogP contribution in [0, 0.1) is 5.82 Å². The average Bonchev–Trinajstić information content (AvgIpc) is 2.45. The van der Waals surface area contributed by atoms with Crippen LogP contribution in [0.4, 0.5) is 4.39 Å². The molecule has 0 atom stereocenters. The molecule has 0 aliphatic carbocycles. The highest BCUT2D eigenvalue weighted by Crippen LogP contribution is 2.22. The largest absolute Gasteiger partial charge is 0.326 e. The number of halogens is 1. The maximum absolute atomic E-state index is 13.7. The van der Waals surface area contributed by atoms with Crippen LogP contribution in [0.25, 0.3) is 11.1 Å². The Morgan fingerprint density at radius 3 is 2.26 bits per heavy atom. The van der Waals surface area contributed by atoms with E-state index in [-0.39, 0.29) is 12.4 Å². The quantitative estimate of drug-likeness (QED) is 0.849. The van der Waals surface area contributed by atoms with Crippen molar-refractivity contribution < 1.29 is 4.39 Å². The number of hydrogen-bond donors (Lipinski definition) is 1. The lowest BCUT2D eigenvalue weighted by Crippen LogP contribution is -1.99. The minimum Gasteiger partial charge on any atom is -0.326 e. The molecule has 2 N–H and O–H groups in total. The molecule has 0 aromatic heterocycles. The molecule has 0 aliphatic heterocycles. The van der Waals surface area contributed by atoms with E-state index >= 15 is 0 Å². The molecule has 0 heterocycles. The van der Waals surface area contributed by atoms with Crippen molar-refractivity contribution in [2.45, 2.75) is 32.7 Å². The summed E-state index contributed by atoms with van der Waals surface area (Å²) in [4.78, 5) is 0. The molecule has 0 unspecified atom stereocenters. The van der Waals surface area contributed by atoms with Gasteiger partial charge < -0.3 is 5.73 Å². The van der Waals surface area contributed by atoms with E-state index in [0.717, 1.165) is 17.5 Å². The van der Waals surface area contributed by atoms with Crippen LogP contribution in [0.1, 0.15) is 30.9 Å². The Morgan fingerprint density at radius 2 is 1.68 bits per heavy atom. The van der Waals surface area contributed by atoms with Gasteiger partial charge in [0.05, 0.1) is 0 Å². The Balaban J connectivity index is 2.19. The lowest BCUT2D eigenvalue weighted by molar-refractivity contribution is 0.611. The summed E-state index contributed by atoms with van der Waals surface area (Å²) >= 11 is 0. The molecule has 100 valence electrons. The highest BCUT2D eigenvalue weighted by atomic mass is 19.1. The van der Waals surface area contributed by atoms with Gasteiger partial charge in [0.15, 0.2) is 0 Å². The molecule has 19 heavy (non-hydrogen) atoms. The molecule has 2 aromatic carbocycles. The standard InChI is InChI=1S/C17H20FN/c1-2-3-4-13-5-7-14(8-6-13)15-9-10-16(12-19)17(18)11-15/h5-11H,2-4,12,19H2,1H3. The number of hydrogen-bond acceptors (Lipinski definition) is 1. The van der Waals surface area contributed by atoms with Crippen LogP contribution in [-0.4, -0.2) is 0 Å². The first-order chi connectivity index (χ1) is 9.24. The number of rotatable bonds is 5. The van der Waals surface area contributed by atoms with Crippen molar-refractivity contribution in [1.29, 1.82) is 0 Å². The third-order valence-corrected chi connectivity index (χ3v) is 3.38. The summed E-state index contributed by atoms with van der Waals surface area (Å²) in [5.41, 5.74) is 9.31. The molecule has 0 fully saturated rings. The second-order valence-corrected chi connectivity index (χ2v) is 4.81. The van der Waals surface area contributed by atoms with E-state index in [0.29, 0.717) is 5.56 Å². The molecule has 0 saturated carbocycles. The molecule has 0 amide bonds. The van der Waals surface area contributed by atoms with Crippen molar-refractivity contribution >= 4 is 0 Å². The summed E-state index contributed by atoms with van der Waals surface area (Å²) in [5.74, 6) is -0.227. The first kappa shape index (κ1) is 13.8. The SMILES string of the molecule is CCCCc1ccc(-c2ccc(CN)c(F)c2)cc1. The van der Waals surface area contributed by atoms with Gasteiger partial charge in [-0.3, -0.25) is 0 Å². The van der Waals surface area contributed by atoms with Gasteiger partial charge >= 0.3 is 0 Å². The number of unbranched alkanes of at least 4 members (excludes halogenated alkanes) is 1. The van der Waals surface area contributed by atoms with Crippen LogP contribution in [0.2, 0.25) is 0 Å². The molecular weight excluding hydrogens is 237 g/mol. The van der Waals surface area contributed by atoms with E-state index in [1.54, 1.807) is 12.1 Å². The van der Waals surface area contributed by atoms with Crippen molar-refractivity contribution in [3.8, 4) is 11.1 Å². The Bertz CT molecular complexity index is 531. The Morgan fingerprint density at radius 1 is 1.00 bits per heavy atom. The minimum atomic E-state index is -0.227. The molecule has 2 heteroatoms. The number of nitrogens with two attached hydrogens (primary N) is 1. The molecule has 0 bridgehead atoms. The Kier molecular flexibility index (Phi) is 4.69. The van der Waals surface area contributed by atoms with Crippen LogP contribution in [0.15, 0.2) is 42.5 Å². The molecule has 1 nitrogen and oxygen atoms in total. The summed E-state index contributed by atoms with van der Waals surface area (Å²) in [5, 5.41) is 0. The van der Waals surface area contributed by atoms with E-state index in [2.05, 4.69) is 31.2 Å². The zero-order chi connectivity index (χ0) is 13.7. The van der Waals surface area contributed by atoms with Crippen LogP contribution in [0.5, 0.6) is 0 Å². The van der Waals surface area contributed by atoms with Crippen molar-refractivity contribution in [2.24, 2.45) is 5.73 Å². The van der Waals surface area contributed by atoms with Crippen LogP contribution in [0.3, 0.4) is 0 Å². The summed E-state index contributed by atoms with van der Waals surface area (Å²) in [6, 6.07) is 13.6. The van der Waals surface area contributed by atoms with Gasteiger partial charge in [0.1, 0.15) is 5.82 Å². The van der Waals surface area contributed by atoms with Crippen LogP contribution >= 0.6 is 0 Å². The zero-order valence-electron chi connectivity index (χ0n) is 11.3. The molecule has 2 aromatic rings. The van der Waals surface area contributed by atoms with Gasteiger partial charge in [-0.25, -0.2) is 4.39 Å². The van der Waals surface area contributed by atoms with Gasteiger partial charge in [0, 0.05) is 12.1 Å². The maximum atomic E-state index is 13.7. The smallest absolute Gasteiger partial charge is 0.128 e. The topological polar surface area (TPSA) is 26.0 Å². The maximum Gasteiger partial charge on any atom is 0.128 e. The van der Waals surface area contributed by atoms with Gasteiger partial charge in [0.25, 0.3) is 0 Å². The minimum absolute atomic E-state index is 0.227. The number of aryl methyl sites for hydroxylation is 1. The Hall–Kier alpha value is -1.67. The summed E-state index contributed by atoms with van der Waals surface area (Å²) in [6.45, 7) is 2.43. The second-order valence-electron chi connectivity index (χ2n) is 4.81. The third kappa shape index (κ3) is 3.42. The highest BCUT2D eigenvalue weighted by molar-refractivity contribution is 5.64. The van der Waals surface area contributed by atoms with E-state index in [4.69, 9.17) is 5.73 Å². The van der Waals surface area contributed by atoms with Gasteiger partial charge in [0.2, 0.25) is 0 Å². The molecule has 0 spiro atoms. The predicted octanol–water partition coefficient (Wildman–Crippen LogP) is 4.29. The molecule has 0 aliphatic rings. The summed E-state index contributed by atoms with van der Waals surface area (Å²) < 4.78 is 13.7.